The van der Waals surface area contributed by atoms with E-state index in [1.165, 1.54) is 6.07 Å². The number of carbonyl (C=O) groups is 1. The zero-order chi connectivity index (χ0) is 13.4. The van der Waals surface area contributed by atoms with Crippen LogP contribution in [0.25, 0.3) is 0 Å². The number of anilines is 1. The second-order valence-electron chi connectivity index (χ2n) is 4.87. The maximum atomic E-state index is 13.8. The third-order valence-electron chi connectivity index (χ3n) is 3.54. The standard InChI is InChI=1S/C16H14FNO/c1-10-6-7-14(17)12(8-10)16(19)13-9-18-15-5-3-2-4-11(13)15/h2-8,13,18H,9H2,1H3. The van der Waals surface area contributed by atoms with Crippen molar-refractivity contribution in [1.82, 2.24) is 0 Å². The molecule has 2 nitrogen and oxygen atoms in total. The van der Waals surface area contributed by atoms with E-state index in [4.69, 9.17) is 0 Å². The van der Waals surface area contributed by atoms with Gasteiger partial charge in [-0.2, -0.15) is 0 Å². The second kappa shape index (κ2) is 4.50. The third kappa shape index (κ3) is 2.01. The van der Waals surface area contributed by atoms with Crippen molar-refractivity contribution in [3.63, 3.8) is 0 Å². The zero-order valence-electron chi connectivity index (χ0n) is 10.6. The molecular weight excluding hydrogens is 241 g/mol. The van der Waals surface area contributed by atoms with Crippen LogP contribution in [0.15, 0.2) is 42.5 Å². The molecule has 1 unspecified atom stereocenters. The highest BCUT2D eigenvalue weighted by atomic mass is 19.1. The molecule has 0 spiro atoms. The number of rotatable bonds is 2. The van der Waals surface area contributed by atoms with Gasteiger partial charge in [-0.3, -0.25) is 4.79 Å². The fraction of sp³-hybridized carbons (Fsp3) is 0.188. The summed E-state index contributed by atoms with van der Waals surface area (Å²) < 4.78 is 13.8. The normalized spacial score (nSPS) is 16.8. The van der Waals surface area contributed by atoms with Gasteiger partial charge in [0.2, 0.25) is 0 Å². The molecule has 0 radical (unpaired) electrons. The van der Waals surface area contributed by atoms with E-state index >= 15 is 0 Å². The Hall–Kier alpha value is -2.16. The Morgan fingerprint density at radius 1 is 1.26 bits per heavy atom. The first-order valence-corrected chi connectivity index (χ1v) is 6.30. The first-order valence-electron chi connectivity index (χ1n) is 6.30. The van der Waals surface area contributed by atoms with Crippen LogP contribution in [0.4, 0.5) is 10.1 Å². The number of hydrogen-bond acceptors (Lipinski definition) is 2. The fourth-order valence-corrected chi connectivity index (χ4v) is 2.53. The van der Waals surface area contributed by atoms with E-state index in [0.29, 0.717) is 6.54 Å². The fourth-order valence-electron chi connectivity index (χ4n) is 2.53. The number of ketones is 1. The van der Waals surface area contributed by atoms with Crippen LogP contribution < -0.4 is 5.32 Å². The number of hydrogen-bond donors (Lipinski definition) is 1. The number of nitrogens with one attached hydrogen (secondary N) is 1. The van der Waals surface area contributed by atoms with Crippen molar-refractivity contribution in [1.29, 1.82) is 0 Å². The SMILES string of the molecule is Cc1ccc(F)c(C(=O)C2CNc3ccccc32)c1. The average Bonchev–Trinajstić information content (AvgIpc) is 2.84. The summed E-state index contributed by atoms with van der Waals surface area (Å²) in [7, 11) is 0. The number of Topliss-reactive ketones (excluding diaryl/α,β-unsaturated/α-hetero) is 1. The number of carbonyl (C=O) groups excluding carboxylic acids is 1. The Labute approximate surface area is 111 Å². The van der Waals surface area contributed by atoms with Gasteiger partial charge in [-0.25, -0.2) is 4.39 Å². The minimum atomic E-state index is -0.444. The van der Waals surface area contributed by atoms with Gasteiger partial charge in [0.05, 0.1) is 11.5 Å². The van der Waals surface area contributed by atoms with Crippen molar-refractivity contribution in [2.24, 2.45) is 0 Å². The van der Waals surface area contributed by atoms with E-state index in [2.05, 4.69) is 5.32 Å². The average molecular weight is 255 g/mol. The molecule has 1 aliphatic heterocycles. The highest BCUT2D eigenvalue weighted by molar-refractivity contribution is 6.03. The first-order chi connectivity index (χ1) is 9.16. The van der Waals surface area contributed by atoms with Gasteiger partial charge in [-0.05, 0) is 30.7 Å². The molecule has 2 aromatic rings. The summed E-state index contributed by atoms with van der Waals surface area (Å²) in [6.45, 7) is 2.39. The van der Waals surface area contributed by atoms with Gasteiger partial charge in [0.25, 0.3) is 0 Å². The molecule has 1 heterocycles. The van der Waals surface area contributed by atoms with Crippen LogP contribution in [-0.2, 0) is 0 Å². The van der Waals surface area contributed by atoms with Gasteiger partial charge >= 0.3 is 0 Å². The van der Waals surface area contributed by atoms with Crippen LogP contribution in [0.3, 0.4) is 0 Å². The topological polar surface area (TPSA) is 29.1 Å². The van der Waals surface area contributed by atoms with Crippen molar-refractivity contribution < 1.29 is 9.18 Å². The summed E-state index contributed by atoms with van der Waals surface area (Å²) in [5, 5.41) is 3.19. The highest BCUT2D eigenvalue weighted by Gasteiger charge is 2.30. The number of fused-ring (bicyclic) bond motifs is 1. The van der Waals surface area contributed by atoms with E-state index in [-0.39, 0.29) is 17.3 Å². The summed E-state index contributed by atoms with van der Waals surface area (Å²) in [5.74, 6) is -0.897. The van der Waals surface area contributed by atoms with Crippen molar-refractivity contribution in [2.45, 2.75) is 12.8 Å². The summed E-state index contributed by atoms with van der Waals surface area (Å²) >= 11 is 0. The van der Waals surface area contributed by atoms with Crippen LogP contribution in [0, 0.1) is 12.7 Å². The third-order valence-corrected chi connectivity index (χ3v) is 3.54. The van der Waals surface area contributed by atoms with E-state index in [0.717, 1.165) is 16.8 Å². The van der Waals surface area contributed by atoms with Crippen LogP contribution in [0.1, 0.15) is 27.4 Å². The van der Waals surface area contributed by atoms with E-state index in [9.17, 15) is 9.18 Å². The van der Waals surface area contributed by atoms with Gasteiger partial charge in [0.1, 0.15) is 5.82 Å². The van der Waals surface area contributed by atoms with Crippen LogP contribution in [-0.4, -0.2) is 12.3 Å². The Bertz CT molecular complexity index is 651. The van der Waals surface area contributed by atoms with Gasteiger partial charge in [-0.15, -0.1) is 0 Å². The maximum absolute atomic E-state index is 13.8. The van der Waals surface area contributed by atoms with Crippen molar-refractivity contribution >= 4 is 11.5 Å². The van der Waals surface area contributed by atoms with Gasteiger partial charge in [0, 0.05) is 12.2 Å². The predicted octanol–water partition coefficient (Wildman–Crippen LogP) is 3.53. The molecule has 96 valence electrons. The molecule has 1 aliphatic rings. The largest absolute Gasteiger partial charge is 0.384 e. The van der Waals surface area contributed by atoms with Crippen LogP contribution in [0.5, 0.6) is 0 Å². The molecule has 0 aromatic heterocycles. The van der Waals surface area contributed by atoms with Crippen molar-refractivity contribution in [3.8, 4) is 0 Å². The maximum Gasteiger partial charge on any atom is 0.175 e. The minimum absolute atomic E-state index is 0.154. The summed E-state index contributed by atoms with van der Waals surface area (Å²) in [4.78, 5) is 12.5. The zero-order valence-corrected chi connectivity index (χ0v) is 10.6. The molecule has 3 heteroatoms. The van der Waals surface area contributed by atoms with E-state index < -0.39 is 5.82 Å². The van der Waals surface area contributed by atoms with E-state index in [1.54, 1.807) is 12.1 Å². The second-order valence-corrected chi connectivity index (χ2v) is 4.87. The lowest BCUT2D eigenvalue weighted by atomic mass is 9.91. The molecule has 0 fully saturated rings. The van der Waals surface area contributed by atoms with Gasteiger partial charge < -0.3 is 5.32 Å². The summed E-state index contributed by atoms with van der Waals surface area (Å²) in [5.41, 5.74) is 3.00. The van der Waals surface area contributed by atoms with Crippen molar-refractivity contribution in [3.05, 3.63) is 65.0 Å². The number of halogens is 1. The Morgan fingerprint density at radius 2 is 2.05 bits per heavy atom. The Kier molecular flexibility index (Phi) is 2.82. The van der Waals surface area contributed by atoms with Gasteiger partial charge in [0.15, 0.2) is 5.78 Å². The van der Waals surface area contributed by atoms with Crippen LogP contribution >= 0.6 is 0 Å². The minimum Gasteiger partial charge on any atom is -0.384 e. The lowest BCUT2D eigenvalue weighted by Crippen LogP contribution is -2.16. The number of para-hydroxylation sites is 1. The lowest BCUT2D eigenvalue weighted by molar-refractivity contribution is 0.0962. The molecule has 0 aliphatic carbocycles. The molecule has 0 saturated carbocycles. The van der Waals surface area contributed by atoms with E-state index in [1.807, 2.05) is 31.2 Å². The number of benzene rings is 2. The molecule has 19 heavy (non-hydrogen) atoms. The lowest BCUT2D eigenvalue weighted by Gasteiger charge is -2.10. The summed E-state index contributed by atoms with van der Waals surface area (Å²) in [6, 6.07) is 12.3. The molecule has 2 aromatic carbocycles. The smallest absolute Gasteiger partial charge is 0.175 e. The van der Waals surface area contributed by atoms with Crippen LogP contribution in [0.2, 0.25) is 0 Å². The van der Waals surface area contributed by atoms with Crippen molar-refractivity contribution in [2.75, 3.05) is 11.9 Å². The highest BCUT2D eigenvalue weighted by Crippen LogP contribution is 2.33. The monoisotopic (exact) mass is 255 g/mol. The molecule has 0 saturated heterocycles. The predicted molar refractivity (Wildman–Crippen MR) is 73.1 cm³/mol. The molecule has 3 rings (SSSR count). The molecule has 1 N–H and O–H groups in total. The first kappa shape index (κ1) is 11.9. The molecule has 0 bridgehead atoms. The van der Waals surface area contributed by atoms with Gasteiger partial charge in [-0.1, -0.05) is 29.8 Å². The number of aryl methyl sites for hydroxylation is 1. The Morgan fingerprint density at radius 3 is 2.89 bits per heavy atom. The molecule has 0 amide bonds. The Balaban J connectivity index is 2.00. The molecule has 1 atom stereocenters. The quantitative estimate of drug-likeness (QED) is 0.832. The summed E-state index contributed by atoms with van der Waals surface area (Å²) in [6.07, 6.45) is 0. The molecular formula is C16H14FNO.